The van der Waals surface area contributed by atoms with Crippen molar-refractivity contribution in [3.05, 3.63) is 11.6 Å². The molecule has 0 aromatic carbocycles. The van der Waals surface area contributed by atoms with Crippen LogP contribution >= 0.6 is 35.6 Å². The van der Waals surface area contributed by atoms with Gasteiger partial charge < -0.3 is 0 Å². The van der Waals surface area contributed by atoms with E-state index in [1.807, 2.05) is 6.08 Å². The SMILES string of the molecule is Cl.ClC=CCCCCCCCl. The van der Waals surface area contributed by atoms with Crippen molar-refractivity contribution in [1.82, 2.24) is 0 Å². The fourth-order valence-electron chi connectivity index (χ4n) is 0.773. The molecule has 11 heavy (non-hydrogen) atoms. The first-order chi connectivity index (χ1) is 4.91. The lowest BCUT2D eigenvalue weighted by atomic mass is 10.2. The van der Waals surface area contributed by atoms with Crippen LogP contribution in [-0.4, -0.2) is 5.88 Å². The van der Waals surface area contributed by atoms with Crippen molar-refractivity contribution in [3.8, 4) is 0 Å². The third-order valence-corrected chi connectivity index (χ3v) is 1.79. The molecule has 0 aromatic rings. The standard InChI is InChI=1S/C8H14Cl2.ClH/c9-7-5-3-1-2-4-6-8-10;/h5,7H,1-4,6,8H2;1H. The van der Waals surface area contributed by atoms with Crippen LogP contribution in [0, 0.1) is 0 Å². The molecule has 0 amide bonds. The molecule has 0 aliphatic rings. The van der Waals surface area contributed by atoms with Gasteiger partial charge in [-0.25, -0.2) is 0 Å². The monoisotopic (exact) mass is 216 g/mol. The van der Waals surface area contributed by atoms with Gasteiger partial charge in [-0.1, -0.05) is 30.5 Å². The van der Waals surface area contributed by atoms with Gasteiger partial charge in [-0.15, -0.1) is 24.0 Å². The highest BCUT2D eigenvalue weighted by molar-refractivity contribution is 6.25. The molecule has 0 fully saturated rings. The van der Waals surface area contributed by atoms with Crippen LogP contribution < -0.4 is 0 Å². The summed E-state index contributed by atoms with van der Waals surface area (Å²) in [6, 6.07) is 0. The lowest BCUT2D eigenvalue weighted by molar-refractivity contribution is 0.677. The van der Waals surface area contributed by atoms with Gasteiger partial charge in [0.25, 0.3) is 0 Å². The first-order valence-corrected chi connectivity index (χ1v) is 4.70. The van der Waals surface area contributed by atoms with E-state index in [4.69, 9.17) is 23.2 Å². The maximum atomic E-state index is 5.51. The maximum absolute atomic E-state index is 5.51. The molecule has 3 heteroatoms. The largest absolute Gasteiger partial charge is 0.147 e. The first kappa shape index (κ1) is 14.2. The van der Waals surface area contributed by atoms with Crippen LogP contribution in [0.25, 0.3) is 0 Å². The topological polar surface area (TPSA) is 0 Å². The van der Waals surface area contributed by atoms with Crippen LogP contribution in [0.5, 0.6) is 0 Å². The summed E-state index contributed by atoms with van der Waals surface area (Å²) in [7, 11) is 0. The highest BCUT2D eigenvalue weighted by atomic mass is 35.5. The van der Waals surface area contributed by atoms with Crippen molar-refractivity contribution in [2.45, 2.75) is 32.1 Å². The number of rotatable bonds is 6. The molecule has 0 heterocycles. The summed E-state index contributed by atoms with van der Waals surface area (Å²) in [4.78, 5) is 0. The van der Waals surface area contributed by atoms with Crippen LogP contribution in [0.2, 0.25) is 0 Å². The Morgan fingerprint density at radius 3 is 2.18 bits per heavy atom. The summed E-state index contributed by atoms with van der Waals surface area (Å²) in [5.74, 6) is 0.797. The Hall–Kier alpha value is 0.610. The summed E-state index contributed by atoms with van der Waals surface area (Å²) in [6.45, 7) is 0. The average Bonchev–Trinajstić information content (AvgIpc) is 1.97. The Bertz CT molecular complexity index is 81.4. The van der Waals surface area contributed by atoms with E-state index in [1.165, 1.54) is 19.3 Å². The Morgan fingerprint density at radius 2 is 1.64 bits per heavy atom. The van der Waals surface area contributed by atoms with E-state index < -0.39 is 0 Å². The second-order valence-corrected chi connectivity index (χ2v) is 2.88. The number of hydrogen-bond acceptors (Lipinski definition) is 0. The van der Waals surface area contributed by atoms with Crippen molar-refractivity contribution in [1.29, 1.82) is 0 Å². The van der Waals surface area contributed by atoms with Crippen molar-refractivity contribution in [3.63, 3.8) is 0 Å². The van der Waals surface area contributed by atoms with Gasteiger partial charge in [0.2, 0.25) is 0 Å². The van der Waals surface area contributed by atoms with Crippen molar-refractivity contribution in [2.75, 3.05) is 5.88 Å². The van der Waals surface area contributed by atoms with Gasteiger partial charge >= 0.3 is 0 Å². The van der Waals surface area contributed by atoms with E-state index in [1.54, 1.807) is 5.54 Å². The number of hydrogen-bond donors (Lipinski definition) is 0. The third-order valence-electron chi connectivity index (χ3n) is 1.34. The van der Waals surface area contributed by atoms with E-state index in [2.05, 4.69) is 0 Å². The molecule has 0 radical (unpaired) electrons. The smallest absolute Gasteiger partial charge is 0.0223 e. The molecular formula is C8H15Cl3. The molecular weight excluding hydrogens is 202 g/mol. The Labute approximate surface area is 85.4 Å². The first-order valence-electron chi connectivity index (χ1n) is 3.73. The minimum atomic E-state index is 0. The second-order valence-electron chi connectivity index (χ2n) is 2.25. The van der Waals surface area contributed by atoms with Gasteiger partial charge in [0.15, 0.2) is 0 Å². The molecule has 0 atom stereocenters. The molecule has 0 bridgehead atoms. The molecule has 0 nitrogen and oxygen atoms in total. The van der Waals surface area contributed by atoms with E-state index in [9.17, 15) is 0 Å². The van der Waals surface area contributed by atoms with E-state index in [0.29, 0.717) is 0 Å². The normalized spacial score (nSPS) is 10.0. The van der Waals surface area contributed by atoms with Crippen LogP contribution in [-0.2, 0) is 0 Å². The molecule has 0 unspecified atom stereocenters. The fourth-order valence-corrected chi connectivity index (χ4v) is 1.09. The van der Waals surface area contributed by atoms with Crippen LogP contribution in [0.15, 0.2) is 11.6 Å². The predicted octanol–water partition coefficient (Wildman–Crippen LogP) is 4.35. The van der Waals surface area contributed by atoms with Crippen LogP contribution in [0.3, 0.4) is 0 Å². The molecule has 0 rings (SSSR count). The molecule has 0 aromatic heterocycles. The van der Waals surface area contributed by atoms with Crippen molar-refractivity contribution >= 4 is 35.6 Å². The minimum Gasteiger partial charge on any atom is -0.147 e. The van der Waals surface area contributed by atoms with Gasteiger partial charge in [0.1, 0.15) is 0 Å². The van der Waals surface area contributed by atoms with Gasteiger partial charge in [-0.2, -0.15) is 0 Å². The quantitative estimate of drug-likeness (QED) is 0.458. The van der Waals surface area contributed by atoms with Crippen LogP contribution in [0.1, 0.15) is 32.1 Å². The summed E-state index contributed by atoms with van der Waals surface area (Å²) >= 11 is 10.8. The van der Waals surface area contributed by atoms with E-state index in [0.717, 1.165) is 18.7 Å². The van der Waals surface area contributed by atoms with Crippen molar-refractivity contribution in [2.24, 2.45) is 0 Å². The van der Waals surface area contributed by atoms with Crippen molar-refractivity contribution < 1.29 is 0 Å². The molecule has 0 saturated carbocycles. The van der Waals surface area contributed by atoms with Gasteiger partial charge in [-0.05, 0) is 19.3 Å². The molecule has 0 saturated heterocycles. The Kier molecular flexibility index (Phi) is 17.0. The minimum absolute atomic E-state index is 0. The maximum Gasteiger partial charge on any atom is 0.0223 e. The highest BCUT2D eigenvalue weighted by Gasteiger charge is 1.85. The number of alkyl halides is 1. The zero-order chi connectivity index (χ0) is 7.66. The van der Waals surface area contributed by atoms with Crippen LogP contribution in [0.4, 0.5) is 0 Å². The number of allylic oxidation sites excluding steroid dienone is 1. The van der Waals surface area contributed by atoms with E-state index >= 15 is 0 Å². The number of unbranched alkanes of at least 4 members (excludes halogenated alkanes) is 4. The molecule has 0 N–H and O–H groups in total. The van der Waals surface area contributed by atoms with Gasteiger partial charge in [0.05, 0.1) is 0 Å². The van der Waals surface area contributed by atoms with Gasteiger partial charge in [0, 0.05) is 11.4 Å². The Morgan fingerprint density at radius 1 is 1.00 bits per heavy atom. The zero-order valence-corrected chi connectivity index (χ0v) is 8.89. The molecule has 0 aliphatic carbocycles. The average molecular weight is 218 g/mol. The zero-order valence-electron chi connectivity index (χ0n) is 6.56. The lowest BCUT2D eigenvalue weighted by Gasteiger charge is -1.94. The number of halogens is 3. The molecule has 68 valence electrons. The molecule has 0 aliphatic heterocycles. The predicted molar refractivity (Wildman–Crippen MR) is 56.0 cm³/mol. The summed E-state index contributed by atoms with van der Waals surface area (Å²) in [5, 5.41) is 0. The second kappa shape index (κ2) is 13.2. The lowest BCUT2D eigenvalue weighted by Crippen LogP contribution is -1.77. The Balaban J connectivity index is 0. The summed E-state index contributed by atoms with van der Waals surface area (Å²) in [5.41, 5.74) is 1.58. The third kappa shape index (κ3) is 13.6. The fraction of sp³-hybridized carbons (Fsp3) is 0.750. The summed E-state index contributed by atoms with van der Waals surface area (Å²) < 4.78 is 0. The van der Waals surface area contributed by atoms with Gasteiger partial charge in [-0.3, -0.25) is 0 Å². The summed E-state index contributed by atoms with van der Waals surface area (Å²) in [6.07, 6.45) is 7.99. The molecule has 0 spiro atoms. The highest BCUT2D eigenvalue weighted by Crippen LogP contribution is 2.04. The van der Waals surface area contributed by atoms with E-state index in [-0.39, 0.29) is 12.4 Å².